The summed E-state index contributed by atoms with van der Waals surface area (Å²) in [7, 11) is 0. The van der Waals surface area contributed by atoms with E-state index in [1.54, 1.807) is 0 Å². The Labute approximate surface area is 123 Å². The molecule has 2 atom stereocenters. The van der Waals surface area contributed by atoms with Crippen molar-refractivity contribution >= 4 is 11.6 Å². The lowest BCUT2D eigenvalue weighted by molar-refractivity contribution is 0.0872. The zero-order valence-electron chi connectivity index (χ0n) is 11.2. The molecule has 0 aromatic heterocycles. The average molecular weight is 290 g/mol. The molecule has 0 saturated heterocycles. The van der Waals surface area contributed by atoms with Gasteiger partial charge in [-0.1, -0.05) is 35.9 Å². The number of hydrogen-bond donors (Lipinski definition) is 1. The summed E-state index contributed by atoms with van der Waals surface area (Å²) in [5.74, 6) is 1.59. The van der Waals surface area contributed by atoms with E-state index in [4.69, 9.17) is 26.8 Å². The predicted molar refractivity (Wildman–Crippen MR) is 79.5 cm³/mol. The number of aryl methyl sites for hydroxylation is 1. The summed E-state index contributed by atoms with van der Waals surface area (Å²) in [6.45, 7) is 2.42. The van der Waals surface area contributed by atoms with Crippen molar-refractivity contribution in [2.24, 2.45) is 5.73 Å². The Morgan fingerprint density at radius 3 is 2.90 bits per heavy atom. The zero-order chi connectivity index (χ0) is 14.1. The summed E-state index contributed by atoms with van der Waals surface area (Å²) >= 11 is 6.01. The average Bonchev–Trinajstić information content (AvgIpc) is 2.46. The van der Waals surface area contributed by atoms with Gasteiger partial charge in [-0.05, 0) is 30.7 Å². The molecular weight excluding hydrogens is 274 g/mol. The van der Waals surface area contributed by atoms with Crippen LogP contribution in [0.25, 0.3) is 0 Å². The van der Waals surface area contributed by atoms with Crippen LogP contribution in [0.1, 0.15) is 17.2 Å². The van der Waals surface area contributed by atoms with E-state index in [0.717, 1.165) is 22.6 Å². The van der Waals surface area contributed by atoms with E-state index in [0.29, 0.717) is 11.6 Å². The van der Waals surface area contributed by atoms with Gasteiger partial charge in [0.25, 0.3) is 0 Å². The molecule has 2 unspecified atom stereocenters. The number of para-hydroxylation sites is 1. The normalized spacial score (nSPS) is 20.9. The molecule has 0 aliphatic carbocycles. The molecule has 1 aliphatic rings. The van der Waals surface area contributed by atoms with Crippen LogP contribution in [-0.2, 0) is 0 Å². The van der Waals surface area contributed by atoms with E-state index in [1.807, 2.05) is 49.4 Å². The second-order valence-corrected chi connectivity index (χ2v) is 5.38. The first kappa shape index (κ1) is 13.3. The van der Waals surface area contributed by atoms with Crippen LogP contribution in [0.5, 0.6) is 11.5 Å². The molecule has 1 heterocycles. The van der Waals surface area contributed by atoms with Crippen molar-refractivity contribution in [1.82, 2.24) is 0 Å². The molecule has 104 valence electrons. The maximum atomic E-state index is 6.29. The largest absolute Gasteiger partial charge is 0.489 e. The minimum atomic E-state index is -0.220. The molecule has 4 heteroatoms. The van der Waals surface area contributed by atoms with Gasteiger partial charge in [0.15, 0.2) is 6.10 Å². The van der Waals surface area contributed by atoms with Crippen LogP contribution in [0.3, 0.4) is 0 Å². The molecule has 2 N–H and O–H groups in total. The van der Waals surface area contributed by atoms with Crippen LogP contribution < -0.4 is 15.2 Å². The highest BCUT2D eigenvalue weighted by Crippen LogP contribution is 2.33. The van der Waals surface area contributed by atoms with Gasteiger partial charge in [-0.3, -0.25) is 0 Å². The van der Waals surface area contributed by atoms with Crippen LogP contribution in [0, 0.1) is 6.92 Å². The number of halogens is 1. The molecule has 20 heavy (non-hydrogen) atoms. The van der Waals surface area contributed by atoms with Crippen molar-refractivity contribution < 1.29 is 9.47 Å². The minimum Gasteiger partial charge on any atom is -0.489 e. The van der Waals surface area contributed by atoms with E-state index >= 15 is 0 Å². The smallest absolute Gasteiger partial charge is 0.152 e. The van der Waals surface area contributed by atoms with Gasteiger partial charge in [-0.2, -0.15) is 0 Å². The lowest BCUT2D eigenvalue weighted by Gasteiger charge is -2.31. The maximum absolute atomic E-state index is 6.29. The van der Waals surface area contributed by atoms with E-state index in [9.17, 15) is 0 Å². The molecule has 0 saturated carbocycles. The van der Waals surface area contributed by atoms with Crippen LogP contribution >= 0.6 is 11.6 Å². The number of fused-ring (bicyclic) bond motifs is 1. The van der Waals surface area contributed by atoms with E-state index < -0.39 is 0 Å². The number of benzene rings is 2. The predicted octanol–water partition coefficient (Wildman–Crippen LogP) is 3.49. The molecule has 0 radical (unpaired) electrons. The third-order valence-corrected chi connectivity index (χ3v) is 3.75. The molecule has 2 aromatic carbocycles. The quantitative estimate of drug-likeness (QED) is 0.920. The standard InChI is InChI=1S/C16H16ClNO2/c1-10-6-7-11(17)8-14(10)20-15-9-19-13-5-3-2-4-12(13)16(15)18/h2-8,15-16H,9,18H2,1H3. The van der Waals surface area contributed by atoms with Gasteiger partial charge >= 0.3 is 0 Å². The number of nitrogens with two attached hydrogens (primary N) is 1. The fraction of sp³-hybridized carbons (Fsp3) is 0.250. The minimum absolute atomic E-state index is 0.210. The number of ether oxygens (including phenoxy) is 2. The number of rotatable bonds is 2. The SMILES string of the molecule is Cc1ccc(Cl)cc1OC1COc2ccccc2C1N. The van der Waals surface area contributed by atoms with Crippen LogP contribution in [0.2, 0.25) is 5.02 Å². The fourth-order valence-electron chi connectivity index (χ4n) is 2.33. The Balaban J connectivity index is 1.84. The second-order valence-electron chi connectivity index (χ2n) is 4.94. The Morgan fingerprint density at radius 2 is 2.05 bits per heavy atom. The third kappa shape index (κ3) is 2.47. The first-order valence-corrected chi connectivity index (χ1v) is 6.93. The van der Waals surface area contributed by atoms with Gasteiger partial charge in [0, 0.05) is 10.6 Å². The summed E-state index contributed by atoms with van der Waals surface area (Å²) in [5, 5.41) is 0.649. The highest BCUT2D eigenvalue weighted by Gasteiger charge is 2.29. The molecule has 0 spiro atoms. The van der Waals surface area contributed by atoms with Gasteiger partial charge in [0.1, 0.15) is 18.1 Å². The van der Waals surface area contributed by atoms with Gasteiger partial charge in [-0.15, -0.1) is 0 Å². The summed E-state index contributed by atoms with van der Waals surface area (Å²) in [6, 6.07) is 13.2. The monoisotopic (exact) mass is 289 g/mol. The molecular formula is C16H16ClNO2. The van der Waals surface area contributed by atoms with Crippen molar-refractivity contribution in [3.05, 3.63) is 58.6 Å². The maximum Gasteiger partial charge on any atom is 0.152 e. The van der Waals surface area contributed by atoms with E-state index in [1.165, 1.54) is 0 Å². The van der Waals surface area contributed by atoms with Gasteiger partial charge in [-0.25, -0.2) is 0 Å². The molecule has 3 rings (SSSR count). The van der Waals surface area contributed by atoms with Crippen molar-refractivity contribution in [3.8, 4) is 11.5 Å². The van der Waals surface area contributed by atoms with Crippen LogP contribution in [0.15, 0.2) is 42.5 Å². The highest BCUT2D eigenvalue weighted by atomic mass is 35.5. The van der Waals surface area contributed by atoms with Gasteiger partial charge in [0.05, 0.1) is 6.04 Å². The number of hydrogen-bond acceptors (Lipinski definition) is 3. The van der Waals surface area contributed by atoms with Crippen molar-refractivity contribution in [1.29, 1.82) is 0 Å². The third-order valence-electron chi connectivity index (χ3n) is 3.51. The van der Waals surface area contributed by atoms with Gasteiger partial charge < -0.3 is 15.2 Å². The van der Waals surface area contributed by atoms with Crippen molar-refractivity contribution in [3.63, 3.8) is 0 Å². The van der Waals surface area contributed by atoms with E-state index in [-0.39, 0.29) is 12.1 Å². The molecule has 1 aliphatic heterocycles. The Morgan fingerprint density at radius 1 is 1.25 bits per heavy atom. The lowest BCUT2D eigenvalue weighted by atomic mass is 9.99. The zero-order valence-corrected chi connectivity index (χ0v) is 11.9. The molecule has 0 amide bonds. The van der Waals surface area contributed by atoms with E-state index in [2.05, 4.69) is 0 Å². The van der Waals surface area contributed by atoms with Crippen molar-refractivity contribution in [2.45, 2.75) is 19.1 Å². The molecule has 0 bridgehead atoms. The Bertz CT molecular complexity index is 630. The molecule has 0 fully saturated rings. The summed E-state index contributed by atoms with van der Waals surface area (Å²) in [4.78, 5) is 0. The lowest BCUT2D eigenvalue weighted by Crippen LogP contribution is -2.40. The fourth-order valence-corrected chi connectivity index (χ4v) is 2.50. The van der Waals surface area contributed by atoms with Crippen molar-refractivity contribution in [2.75, 3.05) is 6.61 Å². The summed E-state index contributed by atoms with van der Waals surface area (Å²) in [6.07, 6.45) is -0.220. The van der Waals surface area contributed by atoms with Crippen LogP contribution in [-0.4, -0.2) is 12.7 Å². The first-order valence-electron chi connectivity index (χ1n) is 6.55. The highest BCUT2D eigenvalue weighted by molar-refractivity contribution is 6.30. The molecule has 2 aromatic rings. The first-order chi connectivity index (χ1) is 9.65. The Hall–Kier alpha value is -1.71. The second kappa shape index (κ2) is 5.35. The summed E-state index contributed by atoms with van der Waals surface area (Å²) in [5.41, 5.74) is 8.29. The summed E-state index contributed by atoms with van der Waals surface area (Å²) < 4.78 is 11.7. The molecule has 3 nitrogen and oxygen atoms in total. The topological polar surface area (TPSA) is 44.5 Å². The van der Waals surface area contributed by atoms with Gasteiger partial charge in [0.2, 0.25) is 0 Å². The Kier molecular flexibility index (Phi) is 3.55. The van der Waals surface area contributed by atoms with Crippen LogP contribution in [0.4, 0.5) is 0 Å².